The molecule has 2 aliphatic rings. The molecule has 1 aliphatic heterocycles. The van der Waals surface area contributed by atoms with Gasteiger partial charge in [0, 0.05) is 13.0 Å². The molecule has 3 nitrogen and oxygen atoms in total. The van der Waals surface area contributed by atoms with Crippen LogP contribution in [0.3, 0.4) is 0 Å². The van der Waals surface area contributed by atoms with E-state index in [-0.39, 0.29) is 11.6 Å². The van der Waals surface area contributed by atoms with E-state index in [0.29, 0.717) is 12.3 Å². The number of ether oxygens (including phenoxy) is 1. The van der Waals surface area contributed by atoms with E-state index in [9.17, 15) is 4.79 Å². The summed E-state index contributed by atoms with van der Waals surface area (Å²) < 4.78 is 5.50. The summed E-state index contributed by atoms with van der Waals surface area (Å²) in [5.74, 6) is 2.12. The third-order valence-electron chi connectivity index (χ3n) is 6.12. The summed E-state index contributed by atoms with van der Waals surface area (Å²) in [5, 5.41) is 0. The Balaban J connectivity index is 1.34. The number of hydrogen-bond acceptors (Lipinski definition) is 3. The standard InChI is InChI=1S/C24H37NO2/c1-24(2,3)27-23(26)17-21-9-10-22(16-21)18-25-13-11-20(12-14-25)15-19-7-5-4-6-8-19/h4-8,20-22H,9-18H2,1-3H3/t21-,22?/m1/s1. The molecule has 1 aromatic rings. The van der Waals surface area contributed by atoms with Gasteiger partial charge in [-0.25, -0.2) is 0 Å². The molecule has 1 saturated carbocycles. The van der Waals surface area contributed by atoms with Crippen LogP contribution < -0.4 is 0 Å². The van der Waals surface area contributed by atoms with E-state index in [1.54, 1.807) is 0 Å². The van der Waals surface area contributed by atoms with E-state index in [1.165, 1.54) is 63.7 Å². The Morgan fingerprint density at radius 1 is 1.00 bits per heavy atom. The molecule has 1 heterocycles. The first-order valence-corrected chi connectivity index (χ1v) is 10.9. The lowest BCUT2D eigenvalue weighted by Gasteiger charge is -2.33. The summed E-state index contributed by atoms with van der Waals surface area (Å²) in [5.41, 5.74) is 1.12. The fourth-order valence-corrected chi connectivity index (χ4v) is 4.83. The second-order valence-electron chi connectivity index (χ2n) is 9.77. The average molecular weight is 372 g/mol. The smallest absolute Gasteiger partial charge is 0.306 e. The van der Waals surface area contributed by atoms with Gasteiger partial charge in [0.1, 0.15) is 5.60 Å². The van der Waals surface area contributed by atoms with Crippen LogP contribution in [0.15, 0.2) is 30.3 Å². The molecular formula is C24H37NO2. The molecule has 1 unspecified atom stereocenters. The summed E-state index contributed by atoms with van der Waals surface area (Å²) >= 11 is 0. The van der Waals surface area contributed by atoms with Crippen molar-refractivity contribution in [2.24, 2.45) is 17.8 Å². The Bertz CT molecular complexity index is 584. The number of carbonyl (C=O) groups excluding carboxylic acids is 1. The zero-order valence-corrected chi connectivity index (χ0v) is 17.5. The quantitative estimate of drug-likeness (QED) is 0.652. The fraction of sp³-hybridized carbons (Fsp3) is 0.708. The van der Waals surface area contributed by atoms with Crippen molar-refractivity contribution in [1.82, 2.24) is 4.90 Å². The molecule has 0 bridgehead atoms. The van der Waals surface area contributed by atoms with Crippen molar-refractivity contribution in [3.63, 3.8) is 0 Å². The zero-order valence-electron chi connectivity index (χ0n) is 17.5. The molecule has 0 spiro atoms. The van der Waals surface area contributed by atoms with Gasteiger partial charge in [-0.1, -0.05) is 30.3 Å². The predicted molar refractivity (Wildman–Crippen MR) is 111 cm³/mol. The van der Waals surface area contributed by atoms with Gasteiger partial charge in [0.2, 0.25) is 0 Å². The molecule has 2 fully saturated rings. The minimum absolute atomic E-state index is 0.0186. The van der Waals surface area contributed by atoms with Crippen LogP contribution in [0.1, 0.15) is 64.9 Å². The molecular weight excluding hydrogens is 334 g/mol. The van der Waals surface area contributed by atoms with E-state index < -0.39 is 0 Å². The SMILES string of the molecule is CC(C)(C)OC(=O)C[C@@H]1CCC(CN2CCC(Cc3ccccc3)CC2)C1. The molecule has 3 heteroatoms. The molecule has 0 aromatic heterocycles. The number of esters is 1. The first kappa shape index (κ1) is 20.4. The van der Waals surface area contributed by atoms with Crippen LogP contribution in [0.4, 0.5) is 0 Å². The van der Waals surface area contributed by atoms with E-state index in [0.717, 1.165) is 11.8 Å². The van der Waals surface area contributed by atoms with Crippen molar-refractivity contribution in [3.05, 3.63) is 35.9 Å². The number of hydrogen-bond donors (Lipinski definition) is 0. The molecule has 150 valence electrons. The maximum Gasteiger partial charge on any atom is 0.306 e. The maximum absolute atomic E-state index is 12.1. The van der Waals surface area contributed by atoms with Crippen molar-refractivity contribution < 1.29 is 9.53 Å². The summed E-state index contributed by atoms with van der Waals surface area (Å²) in [7, 11) is 0. The van der Waals surface area contributed by atoms with Gasteiger partial charge in [-0.3, -0.25) is 4.79 Å². The van der Waals surface area contributed by atoms with Gasteiger partial charge in [0.15, 0.2) is 0 Å². The minimum atomic E-state index is -0.362. The Kier molecular flexibility index (Phi) is 6.97. The molecule has 0 amide bonds. The number of rotatable bonds is 6. The van der Waals surface area contributed by atoms with Crippen LogP contribution in [0.5, 0.6) is 0 Å². The second-order valence-corrected chi connectivity index (χ2v) is 9.77. The summed E-state index contributed by atoms with van der Waals surface area (Å²) in [6, 6.07) is 10.9. The molecule has 3 rings (SSSR count). The normalized spacial score (nSPS) is 24.9. The summed E-state index contributed by atoms with van der Waals surface area (Å²) in [4.78, 5) is 14.7. The fourth-order valence-electron chi connectivity index (χ4n) is 4.83. The van der Waals surface area contributed by atoms with Gasteiger partial charge in [-0.15, -0.1) is 0 Å². The van der Waals surface area contributed by atoms with Crippen LogP contribution in [-0.4, -0.2) is 36.1 Å². The van der Waals surface area contributed by atoms with Crippen LogP contribution in [0.25, 0.3) is 0 Å². The number of nitrogens with zero attached hydrogens (tertiary/aromatic N) is 1. The van der Waals surface area contributed by atoms with Crippen LogP contribution in [-0.2, 0) is 16.0 Å². The third kappa shape index (κ3) is 6.95. The summed E-state index contributed by atoms with van der Waals surface area (Å²) in [6.45, 7) is 9.55. The highest BCUT2D eigenvalue weighted by Crippen LogP contribution is 2.35. The van der Waals surface area contributed by atoms with Gasteiger partial charge in [0.05, 0.1) is 0 Å². The van der Waals surface area contributed by atoms with Crippen molar-refractivity contribution in [2.75, 3.05) is 19.6 Å². The Morgan fingerprint density at radius 3 is 2.33 bits per heavy atom. The number of benzene rings is 1. The molecule has 0 radical (unpaired) electrons. The number of likely N-dealkylation sites (tertiary alicyclic amines) is 1. The third-order valence-corrected chi connectivity index (χ3v) is 6.12. The van der Waals surface area contributed by atoms with Crippen molar-refractivity contribution >= 4 is 5.97 Å². The number of piperidine rings is 1. The topological polar surface area (TPSA) is 29.5 Å². The molecule has 1 aromatic carbocycles. The Hall–Kier alpha value is -1.35. The first-order chi connectivity index (χ1) is 12.9. The van der Waals surface area contributed by atoms with Crippen molar-refractivity contribution in [2.45, 2.75) is 71.3 Å². The number of carbonyl (C=O) groups is 1. The van der Waals surface area contributed by atoms with Gasteiger partial charge in [-0.05, 0) is 95.7 Å². The lowest BCUT2D eigenvalue weighted by atomic mass is 9.89. The average Bonchev–Trinajstić information content (AvgIpc) is 3.02. The molecule has 1 aliphatic carbocycles. The van der Waals surface area contributed by atoms with Crippen LogP contribution in [0.2, 0.25) is 0 Å². The van der Waals surface area contributed by atoms with Gasteiger partial charge < -0.3 is 9.64 Å². The van der Waals surface area contributed by atoms with Gasteiger partial charge in [-0.2, -0.15) is 0 Å². The van der Waals surface area contributed by atoms with Crippen LogP contribution in [0, 0.1) is 17.8 Å². The van der Waals surface area contributed by atoms with Crippen molar-refractivity contribution in [1.29, 1.82) is 0 Å². The lowest BCUT2D eigenvalue weighted by Crippen LogP contribution is -2.37. The molecule has 2 atom stereocenters. The van der Waals surface area contributed by atoms with Crippen molar-refractivity contribution in [3.8, 4) is 0 Å². The monoisotopic (exact) mass is 371 g/mol. The lowest BCUT2D eigenvalue weighted by molar-refractivity contribution is -0.155. The zero-order chi connectivity index (χ0) is 19.3. The van der Waals surface area contributed by atoms with E-state index in [2.05, 4.69) is 35.2 Å². The van der Waals surface area contributed by atoms with E-state index >= 15 is 0 Å². The van der Waals surface area contributed by atoms with E-state index in [4.69, 9.17) is 4.74 Å². The van der Waals surface area contributed by atoms with E-state index in [1.807, 2.05) is 20.8 Å². The first-order valence-electron chi connectivity index (χ1n) is 10.9. The van der Waals surface area contributed by atoms with Gasteiger partial charge in [0.25, 0.3) is 0 Å². The van der Waals surface area contributed by atoms with Crippen LogP contribution >= 0.6 is 0 Å². The minimum Gasteiger partial charge on any atom is -0.460 e. The molecule has 1 saturated heterocycles. The Morgan fingerprint density at radius 2 is 1.67 bits per heavy atom. The highest BCUT2D eigenvalue weighted by molar-refractivity contribution is 5.70. The highest BCUT2D eigenvalue weighted by Gasteiger charge is 2.30. The summed E-state index contributed by atoms with van der Waals surface area (Å²) in [6.07, 6.45) is 8.14. The highest BCUT2D eigenvalue weighted by atomic mass is 16.6. The second kappa shape index (κ2) is 9.23. The largest absolute Gasteiger partial charge is 0.460 e. The maximum atomic E-state index is 12.1. The molecule has 27 heavy (non-hydrogen) atoms. The van der Waals surface area contributed by atoms with Gasteiger partial charge >= 0.3 is 5.97 Å². The molecule has 0 N–H and O–H groups in total. The predicted octanol–water partition coefficient (Wildman–Crippen LogP) is 5.09. The Labute approximate surface area is 165 Å².